The predicted octanol–water partition coefficient (Wildman–Crippen LogP) is -0.260. The largest absolute Gasteiger partial charge is 0.480 e. The van der Waals surface area contributed by atoms with Crippen molar-refractivity contribution >= 4 is 11.9 Å². The molecule has 1 aliphatic rings. The highest BCUT2D eigenvalue weighted by atomic mass is 16.4. The van der Waals surface area contributed by atoms with Crippen molar-refractivity contribution in [3.63, 3.8) is 0 Å². The fraction of sp³-hybridized carbons (Fsp3) is 0.667. The van der Waals surface area contributed by atoms with Gasteiger partial charge in [0.2, 0.25) is 5.91 Å². The van der Waals surface area contributed by atoms with Gasteiger partial charge in [-0.05, 0) is 12.8 Å². The van der Waals surface area contributed by atoms with E-state index in [1.54, 1.807) is 0 Å². The normalized spacial score (nSPS) is 25.6. The summed E-state index contributed by atoms with van der Waals surface area (Å²) >= 11 is 0. The molecule has 2 N–H and O–H groups in total. The van der Waals surface area contributed by atoms with Gasteiger partial charge < -0.3 is 10.4 Å². The first-order valence-electron chi connectivity index (χ1n) is 3.22. The maximum Gasteiger partial charge on any atom is 0.326 e. The van der Waals surface area contributed by atoms with Crippen LogP contribution in [0.5, 0.6) is 0 Å². The molecule has 0 aromatic carbocycles. The van der Waals surface area contributed by atoms with Crippen LogP contribution in [0.15, 0.2) is 0 Å². The molecule has 4 nitrogen and oxygen atoms in total. The van der Waals surface area contributed by atoms with Crippen LogP contribution in [0.25, 0.3) is 0 Å². The van der Waals surface area contributed by atoms with Crippen LogP contribution >= 0.6 is 0 Å². The van der Waals surface area contributed by atoms with Crippen LogP contribution in [0.2, 0.25) is 0 Å². The van der Waals surface area contributed by atoms with E-state index in [0.717, 1.165) is 0 Å². The number of rotatable bonds is 1. The average Bonchev–Trinajstić information content (AvgIpc) is 1.88. The zero-order valence-electron chi connectivity index (χ0n) is 5.46. The molecule has 1 saturated heterocycles. The summed E-state index contributed by atoms with van der Waals surface area (Å²) in [5.41, 5.74) is 0. The van der Waals surface area contributed by atoms with Gasteiger partial charge in [-0.2, -0.15) is 0 Å². The van der Waals surface area contributed by atoms with Crippen LogP contribution in [0, 0.1) is 0 Å². The van der Waals surface area contributed by atoms with Gasteiger partial charge in [-0.15, -0.1) is 0 Å². The summed E-state index contributed by atoms with van der Waals surface area (Å²) in [6, 6.07) is -0.652. The highest BCUT2D eigenvalue weighted by molar-refractivity contribution is 5.84. The molecule has 0 aromatic heterocycles. The number of nitrogens with one attached hydrogen (secondary N) is 1. The topological polar surface area (TPSA) is 66.4 Å². The fourth-order valence-corrected chi connectivity index (χ4v) is 0.991. The lowest BCUT2D eigenvalue weighted by atomic mass is 10.1. The minimum atomic E-state index is -0.937. The minimum Gasteiger partial charge on any atom is -0.480 e. The fourth-order valence-electron chi connectivity index (χ4n) is 0.991. The molecular weight excluding hydrogens is 134 g/mol. The summed E-state index contributed by atoms with van der Waals surface area (Å²) < 4.78 is 0. The second-order valence-electron chi connectivity index (χ2n) is 2.35. The van der Waals surface area contributed by atoms with Crippen LogP contribution < -0.4 is 5.32 Å². The van der Waals surface area contributed by atoms with Crippen molar-refractivity contribution in [2.75, 3.05) is 0 Å². The highest BCUT2D eigenvalue weighted by Crippen LogP contribution is 2.07. The van der Waals surface area contributed by atoms with Crippen molar-refractivity contribution < 1.29 is 14.7 Å². The first-order valence-corrected chi connectivity index (χ1v) is 3.22. The zero-order chi connectivity index (χ0) is 7.56. The Morgan fingerprint density at radius 2 is 2.40 bits per heavy atom. The molecule has 1 amide bonds. The first kappa shape index (κ1) is 7.05. The van der Waals surface area contributed by atoms with Gasteiger partial charge in [0.15, 0.2) is 0 Å². The lowest BCUT2D eigenvalue weighted by Crippen LogP contribution is -2.43. The Morgan fingerprint density at radius 1 is 1.70 bits per heavy atom. The maximum atomic E-state index is 10.6. The van der Waals surface area contributed by atoms with E-state index in [1.807, 2.05) is 0 Å². The summed E-state index contributed by atoms with van der Waals surface area (Å²) in [6.07, 6.45) is 1.70. The highest BCUT2D eigenvalue weighted by Gasteiger charge is 2.23. The van der Waals surface area contributed by atoms with Gasteiger partial charge in [-0.1, -0.05) is 0 Å². The number of carbonyl (C=O) groups is 2. The van der Waals surface area contributed by atoms with Gasteiger partial charge in [0, 0.05) is 6.42 Å². The van der Waals surface area contributed by atoms with Crippen LogP contribution in [-0.4, -0.2) is 23.0 Å². The molecule has 1 fully saturated rings. The molecule has 1 heterocycles. The Kier molecular flexibility index (Phi) is 1.89. The molecule has 0 aliphatic carbocycles. The second kappa shape index (κ2) is 2.68. The SMILES string of the molecule is O=C1CCC[C@@H](C(=O)O)N1. The molecule has 0 radical (unpaired) electrons. The van der Waals surface area contributed by atoms with Crippen molar-refractivity contribution in [1.29, 1.82) is 0 Å². The number of carbonyl (C=O) groups excluding carboxylic acids is 1. The zero-order valence-corrected chi connectivity index (χ0v) is 5.46. The van der Waals surface area contributed by atoms with E-state index in [4.69, 9.17) is 5.11 Å². The maximum absolute atomic E-state index is 10.6. The van der Waals surface area contributed by atoms with Crippen LogP contribution in [0.1, 0.15) is 19.3 Å². The van der Waals surface area contributed by atoms with Crippen LogP contribution in [-0.2, 0) is 9.59 Å². The van der Waals surface area contributed by atoms with Crippen LogP contribution in [0.3, 0.4) is 0 Å². The number of carboxylic acids is 1. The smallest absolute Gasteiger partial charge is 0.326 e. The summed E-state index contributed by atoms with van der Waals surface area (Å²) in [7, 11) is 0. The standard InChI is InChI=1S/C6H9NO3/c8-5-3-1-2-4(7-5)6(9)10/h4H,1-3H2,(H,7,8)(H,9,10)/t4-/m0/s1. The lowest BCUT2D eigenvalue weighted by molar-refractivity contribution is -0.143. The summed E-state index contributed by atoms with van der Waals surface area (Å²) in [5.74, 6) is -1.09. The average molecular weight is 143 g/mol. The Hall–Kier alpha value is -1.06. The first-order chi connectivity index (χ1) is 4.70. The van der Waals surface area contributed by atoms with Gasteiger partial charge in [-0.3, -0.25) is 4.79 Å². The number of hydrogen-bond acceptors (Lipinski definition) is 2. The second-order valence-corrected chi connectivity index (χ2v) is 2.35. The summed E-state index contributed by atoms with van der Waals surface area (Å²) in [6.45, 7) is 0. The molecule has 1 rings (SSSR count). The molecular formula is C6H9NO3. The van der Waals surface area contributed by atoms with E-state index in [1.165, 1.54) is 0 Å². The molecule has 0 aromatic rings. The van der Waals surface area contributed by atoms with Crippen molar-refractivity contribution in [1.82, 2.24) is 5.32 Å². The number of aliphatic carboxylic acids is 1. The predicted molar refractivity (Wildman–Crippen MR) is 33.4 cm³/mol. The van der Waals surface area contributed by atoms with Gasteiger partial charge in [0.25, 0.3) is 0 Å². The van der Waals surface area contributed by atoms with E-state index in [-0.39, 0.29) is 5.91 Å². The van der Waals surface area contributed by atoms with Crippen molar-refractivity contribution in [3.05, 3.63) is 0 Å². The van der Waals surface area contributed by atoms with Gasteiger partial charge in [-0.25, -0.2) is 4.79 Å². The van der Waals surface area contributed by atoms with Gasteiger partial charge >= 0.3 is 5.97 Å². The van der Waals surface area contributed by atoms with E-state index >= 15 is 0 Å². The molecule has 1 aliphatic heterocycles. The minimum absolute atomic E-state index is 0.154. The van der Waals surface area contributed by atoms with Gasteiger partial charge in [0.1, 0.15) is 6.04 Å². The monoisotopic (exact) mass is 143 g/mol. The Labute approximate surface area is 58.2 Å². The molecule has 4 heteroatoms. The third kappa shape index (κ3) is 1.46. The van der Waals surface area contributed by atoms with Crippen molar-refractivity contribution in [2.24, 2.45) is 0 Å². The molecule has 10 heavy (non-hydrogen) atoms. The number of hydrogen-bond donors (Lipinski definition) is 2. The number of piperidine rings is 1. The third-order valence-corrected chi connectivity index (χ3v) is 1.53. The van der Waals surface area contributed by atoms with E-state index in [9.17, 15) is 9.59 Å². The number of amides is 1. The van der Waals surface area contributed by atoms with Gasteiger partial charge in [0.05, 0.1) is 0 Å². The molecule has 0 bridgehead atoms. The quantitative estimate of drug-likeness (QED) is 0.531. The van der Waals surface area contributed by atoms with E-state index in [0.29, 0.717) is 19.3 Å². The molecule has 0 saturated carbocycles. The van der Waals surface area contributed by atoms with E-state index < -0.39 is 12.0 Å². The van der Waals surface area contributed by atoms with Crippen molar-refractivity contribution in [3.8, 4) is 0 Å². The Morgan fingerprint density at radius 3 is 2.80 bits per heavy atom. The molecule has 0 unspecified atom stereocenters. The van der Waals surface area contributed by atoms with Crippen molar-refractivity contribution in [2.45, 2.75) is 25.3 Å². The summed E-state index contributed by atoms with van der Waals surface area (Å²) in [5, 5.41) is 10.8. The molecule has 0 spiro atoms. The Balaban J connectivity index is 2.47. The lowest BCUT2D eigenvalue weighted by Gasteiger charge is -2.18. The van der Waals surface area contributed by atoms with Crippen LogP contribution in [0.4, 0.5) is 0 Å². The number of carboxylic acid groups (broad SMARTS) is 1. The summed E-state index contributed by atoms with van der Waals surface area (Å²) in [4.78, 5) is 20.9. The van der Waals surface area contributed by atoms with E-state index in [2.05, 4.69) is 5.32 Å². The molecule has 56 valence electrons. The third-order valence-electron chi connectivity index (χ3n) is 1.53. The Bertz CT molecular complexity index is 164. The molecule has 1 atom stereocenters.